The molecule has 0 aliphatic carbocycles. The van der Waals surface area contributed by atoms with Gasteiger partial charge in [-0.2, -0.15) is 0 Å². The largest absolute Gasteiger partial charge is 0.461 e. The lowest BCUT2D eigenvalue weighted by molar-refractivity contribution is 0.572. The van der Waals surface area contributed by atoms with Crippen LogP contribution >= 0.6 is 23.4 Å². The molecule has 0 atom stereocenters. The van der Waals surface area contributed by atoms with E-state index in [-0.39, 0.29) is 0 Å². The first kappa shape index (κ1) is 17.1. The Balaban J connectivity index is 1.61. The molecule has 0 aliphatic rings. The fourth-order valence-electron chi connectivity index (χ4n) is 2.81. The average molecular weight is 385 g/mol. The number of thioether (sulfide) groups is 1. The Kier molecular flexibility index (Phi) is 4.46. The maximum atomic E-state index is 6.44. The number of halogens is 1. The molecule has 0 aliphatic heterocycles. The molecule has 3 aromatic heterocycles. The van der Waals surface area contributed by atoms with Crippen LogP contribution in [0.1, 0.15) is 16.7 Å². The first-order chi connectivity index (χ1) is 12.5. The van der Waals surface area contributed by atoms with Gasteiger partial charge in [0, 0.05) is 23.8 Å². The third kappa shape index (κ3) is 2.99. The minimum absolute atomic E-state index is 0.534. The van der Waals surface area contributed by atoms with Crippen molar-refractivity contribution in [1.82, 2.24) is 19.7 Å². The zero-order chi connectivity index (χ0) is 18.3. The molecule has 0 amide bonds. The monoisotopic (exact) mass is 384 g/mol. The first-order valence-corrected chi connectivity index (χ1v) is 9.52. The minimum Gasteiger partial charge on any atom is -0.461 e. The number of fused-ring (bicyclic) bond motifs is 1. The van der Waals surface area contributed by atoms with E-state index in [4.69, 9.17) is 16.0 Å². The first-order valence-electron chi connectivity index (χ1n) is 8.16. The molecule has 0 radical (unpaired) electrons. The molecule has 0 bridgehead atoms. The van der Waals surface area contributed by atoms with Gasteiger partial charge in [0.25, 0.3) is 0 Å². The average Bonchev–Trinajstić information content (AvgIpc) is 3.27. The molecule has 0 saturated heterocycles. The second-order valence-corrected chi connectivity index (χ2v) is 7.45. The second-order valence-electron chi connectivity index (χ2n) is 6.15. The standard InChI is InChI=1S/C19H17ClN4OS/c1-11-6-7-13-9-14(17(20)21-16(13)12(11)2)10-26-19-23-22-18(24(19)3)15-5-4-8-25-15/h4-9H,10H2,1-3H3. The quantitative estimate of drug-likeness (QED) is 0.358. The highest BCUT2D eigenvalue weighted by atomic mass is 35.5. The van der Waals surface area contributed by atoms with Crippen molar-refractivity contribution in [1.29, 1.82) is 0 Å². The van der Waals surface area contributed by atoms with Gasteiger partial charge in [-0.25, -0.2) is 4.98 Å². The number of aromatic nitrogens is 4. The summed E-state index contributed by atoms with van der Waals surface area (Å²) in [5.74, 6) is 2.06. The van der Waals surface area contributed by atoms with Crippen LogP contribution in [0.15, 0.2) is 46.2 Å². The maximum absolute atomic E-state index is 6.44. The van der Waals surface area contributed by atoms with Crippen molar-refractivity contribution in [2.24, 2.45) is 7.05 Å². The predicted molar refractivity (Wildman–Crippen MR) is 104 cm³/mol. The van der Waals surface area contributed by atoms with E-state index in [1.54, 1.807) is 18.0 Å². The summed E-state index contributed by atoms with van der Waals surface area (Å²) in [5.41, 5.74) is 4.32. The van der Waals surface area contributed by atoms with Gasteiger partial charge >= 0.3 is 0 Å². The summed E-state index contributed by atoms with van der Waals surface area (Å²) in [6.45, 7) is 4.16. The van der Waals surface area contributed by atoms with Crippen LogP contribution in [0.25, 0.3) is 22.5 Å². The highest BCUT2D eigenvalue weighted by Crippen LogP contribution is 2.30. The SMILES string of the molecule is Cc1ccc2cc(CSc3nnc(-c4ccco4)n3C)c(Cl)nc2c1C. The van der Waals surface area contributed by atoms with Gasteiger partial charge in [-0.3, -0.25) is 0 Å². The molecule has 0 spiro atoms. The highest BCUT2D eigenvalue weighted by molar-refractivity contribution is 7.98. The van der Waals surface area contributed by atoms with Gasteiger partial charge in [-0.15, -0.1) is 10.2 Å². The van der Waals surface area contributed by atoms with Gasteiger partial charge in [-0.05, 0) is 43.2 Å². The molecule has 5 nitrogen and oxygen atoms in total. The summed E-state index contributed by atoms with van der Waals surface area (Å²) in [4.78, 5) is 4.61. The van der Waals surface area contributed by atoms with Crippen molar-refractivity contribution >= 4 is 34.3 Å². The molecule has 0 fully saturated rings. The smallest absolute Gasteiger partial charge is 0.200 e. The lowest BCUT2D eigenvalue weighted by Crippen LogP contribution is -1.96. The molecule has 26 heavy (non-hydrogen) atoms. The van der Waals surface area contributed by atoms with Crippen LogP contribution in [0.3, 0.4) is 0 Å². The van der Waals surface area contributed by atoms with Crippen molar-refractivity contribution in [3.05, 3.63) is 58.4 Å². The minimum atomic E-state index is 0.534. The van der Waals surface area contributed by atoms with E-state index in [0.717, 1.165) is 21.6 Å². The Labute approximate surface area is 160 Å². The number of hydrogen-bond acceptors (Lipinski definition) is 5. The molecular formula is C19H17ClN4OS. The van der Waals surface area contributed by atoms with Crippen LogP contribution in [0.2, 0.25) is 5.15 Å². The van der Waals surface area contributed by atoms with E-state index >= 15 is 0 Å². The Bertz CT molecular complexity index is 1090. The molecule has 0 saturated carbocycles. The fourth-order valence-corrected chi connectivity index (χ4v) is 3.98. The van der Waals surface area contributed by atoms with Crippen molar-refractivity contribution in [3.63, 3.8) is 0 Å². The number of aryl methyl sites for hydroxylation is 2. The van der Waals surface area contributed by atoms with Crippen LogP contribution in [-0.2, 0) is 12.8 Å². The summed E-state index contributed by atoms with van der Waals surface area (Å²) in [6.07, 6.45) is 1.63. The van der Waals surface area contributed by atoms with E-state index in [9.17, 15) is 0 Å². The number of hydrogen-bond donors (Lipinski definition) is 0. The van der Waals surface area contributed by atoms with Crippen molar-refractivity contribution in [2.45, 2.75) is 24.8 Å². The molecule has 132 valence electrons. The zero-order valence-electron chi connectivity index (χ0n) is 14.7. The summed E-state index contributed by atoms with van der Waals surface area (Å²) >= 11 is 8.01. The Morgan fingerprint density at radius 1 is 1.19 bits per heavy atom. The molecule has 4 rings (SSSR count). The number of benzene rings is 1. The molecule has 7 heteroatoms. The summed E-state index contributed by atoms with van der Waals surface area (Å²) in [7, 11) is 1.92. The molecule has 0 N–H and O–H groups in total. The van der Waals surface area contributed by atoms with Crippen LogP contribution in [0.4, 0.5) is 0 Å². The van der Waals surface area contributed by atoms with Gasteiger partial charge in [0.05, 0.1) is 11.8 Å². The zero-order valence-corrected chi connectivity index (χ0v) is 16.2. The van der Waals surface area contributed by atoms with E-state index in [1.807, 2.05) is 23.7 Å². The predicted octanol–water partition coefficient (Wildman–Crippen LogP) is 5.19. The van der Waals surface area contributed by atoms with Gasteiger partial charge in [-0.1, -0.05) is 35.5 Å². The second kappa shape index (κ2) is 6.78. The lowest BCUT2D eigenvalue weighted by atomic mass is 10.0. The van der Waals surface area contributed by atoms with E-state index in [2.05, 4.69) is 47.2 Å². The Morgan fingerprint density at radius 3 is 2.81 bits per heavy atom. The van der Waals surface area contributed by atoms with E-state index in [1.165, 1.54) is 11.1 Å². The molecule has 0 unspecified atom stereocenters. The molecule has 4 aromatic rings. The van der Waals surface area contributed by atoms with Crippen LogP contribution in [0.5, 0.6) is 0 Å². The van der Waals surface area contributed by atoms with Crippen molar-refractivity contribution in [2.75, 3.05) is 0 Å². The maximum Gasteiger partial charge on any atom is 0.200 e. The summed E-state index contributed by atoms with van der Waals surface area (Å²) in [6, 6.07) is 10.0. The fraction of sp³-hybridized carbons (Fsp3) is 0.211. The normalized spacial score (nSPS) is 11.4. The summed E-state index contributed by atoms with van der Waals surface area (Å²) < 4.78 is 7.32. The molecule has 1 aromatic carbocycles. The molecular weight excluding hydrogens is 368 g/mol. The number of nitrogens with zero attached hydrogens (tertiary/aromatic N) is 4. The van der Waals surface area contributed by atoms with Crippen LogP contribution < -0.4 is 0 Å². The van der Waals surface area contributed by atoms with E-state index < -0.39 is 0 Å². The van der Waals surface area contributed by atoms with Gasteiger partial charge in [0.15, 0.2) is 16.7 Å². The topological polar surface area (TPSA) is 56.7 Å². The van der Waals surface area contributed by atoms with E-state index in [0.29, 0.717) is 22.5 Å². The van der Waals surface area contributed by atoms with Crippen LogP contribution in [0, 0.1) is 13.8 Å². The third-order valence-electron chi connectivity index (χ3n) is 4.47. The summed E-state index contributed by atoms with van der Waals surface area (Å²) in [5, 5.41) is 10.9. The highest BCUT2D eigenvalue weighted by Gasteiger charge is 2.15. The van der Waals surface area contributed by atoms with Crippen LogP contribution in [-0.4, -0.2) is 19.7 Å². The molecule has 3 heterocycles. The Hall–Kier alpha value is -2.31. The number of pyridine rings is 1. The van der Waals surface area contributed by atoms with Gasteiger partial charge in [0.1, 0.15) is 5.15 Å². The number of furan rings is 1. The van der Waals surface area contributed by atoms with Crippen molar-refractivity contribution < 1.29 is 4.42 Å². The third-order valence-corrected chi connectivity index (χ3v) is 5.87. The van der Waals surface area contributed by atoms with Crippen molar-refractivity contribution in [3.8, 4) is 11.6 Å². The lowest BCUT2D eigenvalue weighted by Gasteiger charge is -2.09. The van der Waals surface area contributed by atoms with Gasteiger partial charge < -0.3 is 8.98 Å². The number of rotatable bonds is 4. The van der Waals surface area contributed by atoms with Gasteiger partial charge in [0.2, 0.25) is 0 Å². The Morgan fingerprint density at radius 2 is 2.04 bits per heavy atom.